The van der Waals surface area contributed by atoms with Crippen LogP contribution in [0.1, 0.15) is 30.9 Å². The van der Waals surface area contributed by atoms with Gasteiger partial charge < -0.3 is 34.8 Å². The van der Waals surface area contributed by atoms with Gasteiger partial charge in [0.1, 0.15) is 12.1 Å². The van der Waals surface area contributed by atoms with E-state index < -0.39 is 5.54 Å². The van der Waals surface area contributed by atoms with Gasteiger partial charge in [-0.1, -0.05) is 43.3 Å². The molecule has 44 heavy (non-hydrogen) atoms. The molecule has 2 fully saturated rings. The lowest BCUT2D eigenvalue weighted by molar-refractivity contribution is -0.137. The van der Waals surface area contributed by atoms with Crippen LogP contribution in [0.3, 0.4) is 0 Å². The Morgan fingerprint density at radius 3 is 2.23 bits per heavy atom. The van der Waals surface area contributed by atoms with Crippen LogP contribution in [-0.2, 0) is 22.4 Å². The summed E-state index contributed by atoms with van der Waals surface area (Å²) in [6.07, 6.45) is 2.49. The van der Waals surface area contributed by atoms with Gasteiger partial charge in [-0.15, -0.1) is 0 Å². The summed E-state index contributed by atoms with van der Waals surface area (Å²) in [4.78, 5) is 45.6. The average molecular weight is 600 g/mol. The number of hydrogen-bond acceptors (Lipinski definition) is 6. The van der Waals surface area contributed by atoms with Crippen molar-refractivity contribution in [2.45, 2.75) is 38.1 Å². The van der Waals surface area contributed by atoms with Crippen molar-refractivity contribution in [3.05, 3.63) is 83.9 Å². The van der Waals surface area contributed by atoms with Crippen LogP contribution in [0.25, 0.3) is 0 Å². The van der Waals surface area contributed by atoms with Gasteiger partial charge >= 0.3 is 6.03 Å². The molecule has 0 aromatic heterocycles. The standard InChI is InChI=1S/C34H41N5O5/c1-4-25-10-13-27(14-11-25)36-33(42)37-20-17-34(18-21-37)32(41)38(24-39(34)28-8-6-5-7-9-28)23-31(40)35-19-16-26-12-15-29(43-2)30(22-26)44-3/h5-15,22H,4,16-21,23-24H2,1-3H3,(H,35,40)(H,36,42). The van der Waals surface area contributed by atoms with Crippen molar-refractivity contribution in [3.8, 4) is 11.5 Å². The number of carbonyl (C=O) groups is 3. The second-order valence-corrected chi connectivity index (χ2v) is 11.2. The zero-order chi connectivity index (χ0) is 31.1. The molecule has 2 aliphatic heterocycles. The summed E-state index contributed by atoms with van der Waals surface area (Å²) in [7, 11) is 3.18. The second kappa shape index (κ2) is 13.7. The molecule has 0 bridgehead atoms. The highest BCUT2D eigenvalue weighted by atomic mass is 16.5. The van der Waals surface area contributed by atoms with Crippen LogP contribution in [0.15, 0.2) is 72.8 Å². The Bertz CT molecular complexity index is 1450. The third-order valence-electron chi connectivity index (χ3n) is 8.59. The Balaban J connectivity index is 1.21. The molecule has 2 aliphatic rings. The molecule has 3 aromatic rings. The number of aryl methyl sites for hydroxylation is 1. The Kier molecular flexibility index (Phi) is 9.57. The van der Waals surface area contributed by atoms with Crippen molar-refractivity contribution in [1.82, 2.24) is 15.1 Å². The number of para-hydroxylation sites is 1. The summed E-state index contributed by atoms with van der Waals surface area (Å²) in [5.41, 5.74) is 3.06. The smallest absolute Gasteiger partial charge is 0.321 e. The van der Waals surface area contributed by atoms with Gasteiger partial charge in [0, 0.05) is 31.0 Å². The third kappa shape index (κ3) is 6.59. The zero-order valence-electron chi connectivity index (χ0n) is 25.7. The number of likely N-dealkylation sites (tertiary alicyclic amines) is 1. The maximum Gasteiger partial charge on any atom is 0.321 e. The highest BCUT2D eigenvalue weighted by molar-refractivity contribution is 5.97. The van der Waals surface area contributed by atoms with E-state index >= 15 is 0 Å². The number of carbonyl (C=O) groups excluding carboxylic acids is 3. The molecule has 0 aliphatic carbocycles. The van der Waals surface area contributed by atoms with Gasteiger partial charge in [0.15, 0.2) is 11.5 Å². The second-order valence-electron chi connectivity index (χ2n) is 11.2. The molecule has 0 atom stereocenters. The molecule has 0 radical (unpaired) electrons. The van der Waals surface area contributed by atoms with E-state index in [0.717, 1.165) is 23.4 Å². The molecule has 3 aromatic carbocycles. The molecule has 2 N–H and O–H groups in total. The lowest BCUT2D eigenvalue weighted by Crippen LogP contribution is -2.58. The van der Waals surface area contributed by atoms with Crippen molar-refractivity contribution in [2.24, 2.45) is 0 Å². The Labute approximate surface area is 258 Å². The number of hydrogen-bond donors (Lipinski definition) is 2. The highest BCUT2D eigenvalue weighted by Gasteiger charge is 2.54. The fraction of sp³-hybridized carbons (Fsp3) is 0.382. The first-order valence-electron chi connectivity index (χ1n) is 15.1. The predicted molar refractivity (Wildman–Crippen MR) is 170 cm³/mol. The number of methoxy groups -OCH3 is 2. The molecule has 10 heteroatoms. The Morgan fingerprint density at radius 1 is 0.886 bits per heavy atom. The molecule has 4 amide bonds. The first-order chi connectivity index (χ1) is 21.4. The van der Waals surface area contributed by atoms with E-state index in [0.29, 0.717) is 57.1 Å². The van der Waals surface area contributed by atoms with E-state index in [1.807, 2.05) is 72.8 Å². The number of urea groups is 1. The van der Waals surface area contributed by atoms with Crippen LogP contribution in [0.2, 0.25) is 0 Å². The summed E-state index contributed by atoms with van der Waals surface area (Å²) in [5, 5.41) is 5.94. The van der Waals surface area contributed by atoms with Crippen LogP contribution in [-0.4, -0.2) is 80.3 Å². The minimum absolute atomic E-state index is 0.0339. The maximum absolute atomic E-state index is 14.0. The number of nitrogens with zero attached hydrogens (tertiary/aromatic N) is 3. The summed E-state index contributed by atoms with van der Waals surface area (Å²) >= 11 is 0. The normalized spacial score (nSPS) is 15.8. The van der Waals surface area contributed by atoms with Gasteiger partial charge in [0.25, 0.3) is 5.91 Å². The monoisotopic (exact) mass is 599 g/mol. The van der Waals surface area contributed by atoms with Gasteiger partial charge in [-0.3, -0.25) is 9.59 Å². The fourth-order valence-electron chi connectivity index (χ4n) is 6.04. The minimum atomic E-state index is -0.819. The van der Waals surface area contributed by atoms with Gasteiger partial charge in [0.2, 0.25) is 5.91 Å². The molecule has 232 valence electrons. The Hall–Kier alpha value is -4.73. The molecule has 2 heterocycles. The molecular weight excluding hydrogens is 558 g/mol. The van der Waals surface area contributed by atoms with Crippen molar-refractivity contribution >= 4 is 29.2 Å². The number of ether oxygens (including phenoxy) is 2. The van der Waals surface area contributed by atoms with E-state index in [2.05, 4.69) is 22.5 Å². The number of piperidine rings is 1. The van der Waals surface area contributed by atoms with Crippen LogP contribution in [0.5, 0.6) is 11.5 Å². The third-order valence-corrected chi connectivity index (χ3v) is 8.59. The van der Waals surface area contributed by atoms with E-state index in [9.17, 15) is 14.4 Å². The highest BCUT2D eigenvalue weighted by Crippen LogP contribution is 2.39. The molecule has 1 spiro atoms. The largest absolute Gasteiger partial charge is 0.493 e. The van der Waals surface area contributed by atoms with Crippen LogP contribution < -0.4 is 25.0 Å². The zero-order valence-corrected chi connectivity index (χ0v) is 25.7. The topological polar surface area (TPSA) is 103 Å². The number of amides is 4. The van der Waals surface area contributed by atoms with Crippen LogP contribution in [0.4, 0.5) is 16.2 Å². The predicted octanol–water partition coefficient (Wildman–Crippen LogP) is 4.30. The number of anilines is 2. The molecule has 10 nitrogen and oxygen atoms in total. The molecule has 2 saturated heterocycles. The molecule has 5 rings (SSSR count). The average Bonchev–Trinajstić information content (AvgIpc) is 3.31. The number of rotatable bonds is 10. The van der Waals surface area contributed by atoms with Crippen LogP contribution in [0, 0.1) is 0 Å². The van der Waals surface area contributed by atoms with Gasteiger partial charge in [-0.2, -0.15) is 0 Å². The van der Waals surface area contributed by atoms with Crippen molar-refractivity contribution < 1.29 is 23.9 Å². The van der Waals surface area contributed by atoms with E-state index in [1.165, 1.54) is 5.56 Å². The summed E-state index contributed by atoms with van der Waals surface area (Å²) in [6.45, 7) is 3.65. The number of nitrogens with one attached hydrogen (secondary N) is 2. The summed E-state index contributed by atoms with van der Waals surface area (Å²) in [6, 6.07) is 23.2. The van der Waals surface area contributed by atoms with Crippen molar-refractivity contribution in [3.63, 3.8) is 0 Å². The quantitative estimate of drug-likeness (QED) is 0.360. The molecule has 0 unspecified atom stereocenters. The maximum atomic E-state index is 14.0. The van der Waals surface area contributed by atoms with Gasteiger partial charge in [0.05, 0.1) is 20.9 Å². The van der Waals surface area contributed by atoms with E-state index in [1.54, 1.807) is 24.0 Å². The van der Waals surface area contributed by atoms with Crippen molar-refractivity contribution in [1.29, 1.82) is 0 Å². The summed E-state index contributed by atoms with van der Waals surface area (Å²) < 4.78 is 10.7. The van der Waals surface area contributed by atoms with E-state index in [-0.39, 0.29) is 24.4 Å². The molecule has 0 saturated carbocycles. The fourth-order valence-corrected chi connectivity index (χ4v) is 6.04. The van der Waals surface area contributed by atoms with E-state index in [4.69, 9.17) is 9.47 Å². The lowest BCUT2D eigenvalue weighted by atomic mass is 9.85. The minimum Gasteiger partial charge on any atom is -0.493 e. The number of benzene rings is 3. The first kappa shape index (κ1) is 30.7. The molecular formula is C34H41N5O5. The Morgan fingerprint density at radius 2 is 1.57 bits per heavy atom. The van der Waals surface area contributed by atoms with Gasteiger partial charge in [-0.05, 0) is 73.2 Å². The van der Waals surface area contributed by atoms with Gasteiger partial charge in [-0.25, -0.2) is 4.79 Å². The van der Waals surface area contributed by atoms with Crippen molar-refractivity contribution in [2.75, 3.05) is 57.3 Å². The first-order valence-corrected chi connectivity index (χ1v) is 15.1. The van der Waals surface area contributed by atoms with Crippen LogP contribution >= 0.6 is 0 Å². The summed E-state index contributed by atoms with van der Waals surface area (Å²) in [5.74, 6) is 0.999. The lowest BCUT2D eigenvalue weighted by Gasteiger charge is -2.43. The SMILES string of the molecule is CCc1ccc(NC(=O)N2CCC3(CC2)C(=O)N(CC(=O)NCCc2ccc(OC)c(OC)c2)CN3c2ccccc2)cc1.